The number of aromatic nitrogens is 2. The average Bonchev–Trinajstić information content (AvgIpc) is 2.56. The molecule has 1 heterocycles. The van der Waals surface area contributed by atoms with Crippen LogP contribution in [0.1, 0.15) is 19.8 Å². The van der Waals surface area contributed by atoms with E-state index in [-0.39, 0.29) is 18.7 Å². The SMILES string of the molecule is CCC(CCO)NC(=O)Nc1ccc(-c2ccccc2)nn1. The predicted molar refractivity (Wildman–Crippen MR) is 85.4 cm³/mol. The molecular formula is C16H20N4O2. The van der Waals surface area contributed by atoms with E-state index in [1.807, 2.05) is 43.3 Å². The number of aliphatic hydroxyl groups excluding tert-OH is 1. The summed E-state index contributed by atoms with van der Waals surface area (Å²) >= 11 is 0. The van der Waals surface area contributed by atoms with Crippen molar-refractivity contribution in [3.63, 3.8) is 0 Å². The summed E-state index contributed by atoms with van der Waals surface area (Å²) in [5.41, 5.74) is 1.72. The van der Waals surface area contributed by atoms with Crippen LogP contribution in [0.3, 0.4) is 0 Å². The van der Waals surface area contributed by atoms with Crippen LogP contribution in [0.5, 0.6) is 0 Å². The summed E-state index contributed by atoms with van der Waals surface area (Å²) < 4.78 is 0. The van der Waals surface area contributed by atoms with Gasteiger partial charge in [0.2, 0.25) is 0 Å². The van der Waals surface area contributed by atoms with Crippen molar-refractivity contribution in [1.29, 1.82) is 0 Å². The smallest absolute Gasteiger partial charge is 0.320 e. The number of hydrogen-bond acceptors (Lipinski definition) is 4. The number of nitrogens with one attached hydrogen (secondary N) is 2. The second-order valence-corrected chi connectivity index (χ2v) is 4.89. The normalized spacial score (nSPS) is 11.7. The van der Waals surface area contributed by atoms with E-state index in [1.54, 1.807) is 6.07 Å². The maximum absolute atomic E-state index is 11.8. The Bertz CT molecular complexity index is 587. The molecule has 3 N–H and O–H groups in total. The highest BCUT2D eigenvalue weighted by molar-refractivity contribution is 5.88. The highest BCUT2D eigenvalue weighted by Gasteiger charge is 2.10. The fourth-order valence-corrected chi connectivity index (χ4v) is 2.03. The van der Waals surface area contributed by atoms with Gasteiger partial charge in [-0.25, -0.2) is 4.79 Å². The summed E-state index contributed by atoms with van der Waals surface area (Å²) in [7, 11) is 0. The van der Waals surface area contributed by atoms with Crippen molar-refractivity contribution in [2.24, 2.45) is 0 Å². The molecule has 0 aliphatic heterocycles. The standard InChI is InChI=1S/C16H20N4O2/c1-2-13(10-11-21)17-16(22)18-15-9-8-14(19-20-15)12-6-4-3-5-7-12/h3-9,13,21H,2,10-11H2,1H3,(H2,17,18,20,22). The number of aliphatic hydroxyl groups is 1. The van der Waals surface area contributed by atoms with Gasteiger partial charge in [-0.2, -0.15) is 0 Å². The minimum absolute atomic E-state index is 0.0460. The van der Waals surface area contributed by atoms with Crippen LogP contribution in [0, 0.1) is 0 Å². The number of carbonyl (C=O) groups is 1. The van der Waals surface area contributed by atoms with E-state index in [0.717, 1.165) is 17.7 Å². The van der Waals surface area contributed by atoms with Crippen LogP contribution in [0.4, 0.5) is 10.6 Å². The molecule has 0 spiro atoms. The third-order valence-corrected chi connectivity index (χ3v) is 3.28. The summed E-state index contributed by atoms with van der Waals surface area (Å²) in [6, 6.07) is 12.8. The van der Waals surface area contributed by atoms with E-state index < -0.39 is 0 Å². The third-order valence-electron chi connectivity index (χ3n) is 3.28. The Morgan fingerprint density at radius 1 is 1.18 bits per heavy atom. The highest BCUT2D eigenvalue weighted by Crippen LogP contribution is 2.16. The Hall–Kier alpha value is -2.47. The van der Waals surface area contributed by atoms with Gasteiger partial charge in [0.05, 0.1) is 5.69 Å². The van der Waals surface area contributed by atoms with Crippen molar-refractivity contribution in [2.45, 2.75) is 25.8 Å². The topological polar surface area (TPSA) is 87.1 Å². The number of benzene rings is 1. The van der Waals surface area contributed by atoms with Crippen LogP contribution >= 0.6 is 0 Å². The summed E-state index contributed by atoms with van der Waals surface area (Å²) in [6.45, 7) is 2.00. The number of hydrogen-bond donors (Lipinski definition) is 3. The van der Waals surface area contributed by atoms with Crippen LogP contribution in [-0.4, -0.2) is 34.0 Å². The number of amides is 2. The van der Waals surface area contributed by atoms with Crippen LogP contribution in [0.2, 0.25) is 0 Å². The van der Waals surface area contributed by atoms with Gasteiger partial charge in [0.1, 0.15) is 0 Å². The molecule has 0 saturated carbocycles. The zero-order valence-electron chi connectivity index (χ0n) is 12.5. The van der Waals surface area contributed by atoms with Gasteiger partial charge >= 0.3 is 6.03 Å². The molecule has 2 aromatic rings. The molecule has 0 fully saturated rings. The summed E-state index contributed by atoms with van der Waals surface area (Å²) in [5.74, 6) is 0.385. The molecule has 116 valence electrons. The first-order chi connectivity index (χ1) is 10.7. The van der Waals surface area contributed by atoms with Crippen molar-refractivity contribution in [3.8, 4) is 11.3 Å². The Balaban J connectivity index is 1.95. The Morgan fingerprint density at radius 2 is 1.95 bits per heavy atom. The number of urea groups is 1. The van der Waals surface area contributed by atoms with Crippen molar-refractivity contribution >= 4 is 11.8 Å². The lowest BCUT2D eigenvalue weighted by atomic mass is 10.1. The van der Waals surface area contributed by atoms with Crippen molar-refractivity contribution in [3.05, 3.63) is 42.5 Å². The molecule has 2 amide bonds. The summed E-state index contributed by atoms with van der Waals surface area (Å²) in [5, 5.41) is 22.4. The molecule has 2 rings (SSSR count). The predicted octanol–water partition coefficient (Wildman–Crippen LogP) is 2.43. The van der Waals surface area contributed by atoms with Gasteiger partial charge in [0, 0.05) is 18.2 Å². The number of rotatable bonds is 6. The van der Waals surface area contributed by atoms with Gasteiger partial charge in [0.15, 0.2) is 5.82 Å². The van der Waals surface area contributed by atoms with Gasteiger partial charge in [-0.1, -0.05) is 37.3 Å². The molecule has 22 heavy (non-hydrogen) atoms. The van der Waals surface area contributed by atoms with E-state index >= 15 is 0 Å². The van der Waals surface area contributed by atoms with E-state index in [0.29, 0.717) is 12.2 Å². The highest BCUT2D eigenvalue weighted by atomic mass is 16.3. The van der Waals surface area contributed by atoms with Gasteiger partial charge in [0.25, 0.3) is 0 Å². The lowest BCUT2D eigenvalue weighted by Gasteiger charge is -2.15. The molecular weight excluding hydrogens is 280 g/mol. The second kappa shape index (κ2) is 8.09. The lowest BCUT2D eigenvalue weighted by molar-refractivity contribution is 0.237. The van der Waals surface area contributed by atoms with Crippen LogP contribution < -0.4 is 10.6 Å². The van der Waals surface area contributed by atoms with Crippen molar-refractivity contribution < 1.29 is 9.90 Å². The Morgan fingerprint density at radius 3 is 2.55 bits per heavy atom. The van der Waals surface area contributed by atoms with Crippen LogP contribution in [-0.2, 0) is 0 Å². The van der Waals surface area contributed by atoms with Gasteiger partial charge in [-0.3, -0.25) is 5.32 Å². The summed E-state index contributed by atoms with van der Waals surface area (Å²) in [4.78, 5) is 11.8. The lowest BCUT2D eigenvalue weighted by Crippen LogP contribution is -2.38. The maximum Gasteiger partial charge on any atom is 0.320 e. The monoisotopic (exact) mass is 300 g/mol. The average molecular weight is 300 g/mol. The minimum atomic E-state index is -0.345. The number of nitrogens with zero attached hydrogens (tertiary/aromatic N) is 2. The van der Waals surface area contributed by atoms with Gasteiger partial charge in [-0.15, -0.1) is 10.2 Å². The molecule has 1 atom stereocenters. The molecule has 1 aromatic heterocycles. The number of anilines is 1. The van der Waals surface area contributed by atoms with Gasteiger partial charge in [-0.05, 0) is 25.0 Å². The molecule has 0 bridgehead atoms. The maximum atomic E-state index is 11.8. The first kappa shape index (κ1) is 15.9. The quantitative estimate of drug-likeness (QED) is 0.764. The molecule has 0 radical (unpaired) electrons. The van der Waals surface area contributed by atoms with Crippen molar-refractivity contribution in [1.82, 2.24) is 15.5 Å². The molecule has 6 heteroatoms. The van der Waals surface area contributed by atoms with Crippen LogP contribution in [0.25, 0.3) is 11.3 Å². The Labute approximate surface area is 129 Å². The third kappa shape index (κ3) is 4.53. The molecule has 1 aromatic carbocycles. The van der Waals surface area contributed by atoms with Crippen LogP contribution in [0.15, 0.2) is 42.5 Å². The zero-order chi connectivity index (χ0) is 15.8. The molecule has 0 aliphatic rings. The van der Waals surface area contributed by atoms with E-state index in [9.17, 15) is 4.79 Å². The zero-order valence-corrected chi connectivity index (χ0v) is 12.5. The molecule has 6 nitrogen and oxygen atoms in total. The fraction of sp³-hybridized carbons (Fsp3) is 0.312. The fourth-order valence-electron chi connectivity index (χ4n) is 2.03. The number of carbonyl (C=O) groups excluding carboxylic acids is 1. The molecule has 1 unspecified atom stereocenters. The van der Waals surface area contributed by atoms with Gasteiger partial charge < -0.3 is 10.4 Å². The first-order valence-electron chi connectivity index (χ1n) is 7.30. The van der Waals surface area contributed by atoms with E-state index in [1.165, 1.54) is 0 Å². The van der Waals surface area contributed by atoms with E-state index in [2.05, 4.69) is 20.8 Å². The largest absolute Gasteiger partial charge is 0.396 e. The van der Waals surface area contributed by atoms with Crippen molar-refractivity contribution in [2.75, 3.05) is 11.9 Å². The summed E-state index contributed by atoms with van der Waals surface area (Å²) in [6.07, 6.45) is 1.29. The second-order valence-electron chi connectivity index (χ2n) is 4.89. The minimum Gasteiger partial charge on any atom is -0.396 e. The Kier molecular flexibility index (Phi) is 5.85. The molecule has 0 aliphatic carbocycles. The van der Waals surface area contributed by atoms with E-state index in [4.69, 9.17) is 5.11 Å². The first-order valence-corrected chi connectivity index (χ1v) is 7.30. The molecule has 0 saturated heterocycles.